The van der Waals surface area contributed by atoms with E-state index in [1.807, 2.05) is 35.3 Å². The van der Waals surface area contributed by atoms with E-state index in [4.69, 9.17) is 11.3 Å². The van der Waals surface area contributed by atoms with Crippen LogP contribution in [-0.4, -0.2) is 9.97 Å². The standard InChI is InChI=1S/C17H11N3O3/c1-18-15-14(19-17(22)20-16(15)21)11-7-9-13(10-8-11)23-12-5-3-2-4-6-12/h2-10H,(H2,19,20,21,22). The van der Waals surface area contributed by atoms with E-state index >= 15 is 0 Å². The SMILES string of the molecule is [C-]#[N+]c1c(-c2ccc(Oc3ccccc3)cc2)[nH]c(=O)[nH]c1=O. The smallest absolute Gasteiger partial charge is 0.324 e. The van der Waals surface area contributed by atoms with Crippen LogP contribution in [0.4, 0.5) is 5.69 Å². The number of hydrogen-bond acceptors (Lipinski definition) is 3. The molecule has 6 nitrogen and oxygen atoms in total. The molecule has 0 aliphatic rings. The molecule has 0 aliphatic heterocycles. The second-order valence-corrected chi connectivity index (χ2v) is 4.68. The highest BCUT2D eigenvalue weighted by molar-refractivity contribution is 5.74. The second kappa shape index (κ2) is 6.03. The summed E-state index contributed by atoms with van der Waals surface area (Å²) in [6, 6.07) is 16.1. The minimum Gasteiger partial charge on any atom is -0.457 e. The predicted molar refractivity (Wildman–Crippen MR) is 85.9 cm³/mol. The Morgan fingerprint density at radius 3 is 2.17 bits per heavy atom. The van der Waals surface area contributed by atoms with Crippen LogP contribution in [0.2, 0.25) is 0 Å². The van der Waals surface area contributed by atoms with Crippen LogP contribution in [0.1, 0.15) is 0 Å². The van der Waals surface area contributed by atoms with Gasteiger partial charge in [0.2, 0.25) is 0 Å². The summed E-state index contributed by atoms with van der Waals surface area (Å²) in [6.45, 7) is 7.09. The number of benzene rings is 2. The number of nitrogens with zero attached hydrogens (tertiary/aromatic N) is 1. The summed E-state index contributed by atoms with van der Waals surface area (Å²) in [6.07, 6.45) is 0. The zero-order valence-electron chi connectivity index (χ0n) is 11.9. The number of hydrogen-bond donors (Lipinski definition) is 2. The van der Waals surface area contributed by atoms with Gasteiger partial charge in [-0.05, 0) is 29.8 Å². The minimum absolute atomic E-state index is 0.152. The molecule has 0 radical (unpaired) electrons. The van der Waals surface area contributed by atoms with Crippen LogP contribution in [0.15, 0.2) is 64.2 Å². The Kier molecular flexibility index (Phi) is 3.77. The molecule has 0 atom stereocenters. The Balaban J connectivity index is 1.96. The van der Waals surface area contributed by atoms with Gasteiger partial charge in [0.05, 0.1) is 12.3 Å². The molecule has 2 N–H and O–H groups in total. The van der Waals surface area contributed by atoms with Crippen LogP contribution in [0.3, 0.4) is 0 Å². The van der Waals surface area contributed by atoms with E-state index in [2.05, 4.69) is 9.83 Å². The van der Waals surface area contributed by atoms with Crippen molar-refractivity contribution in [2.75, 3.05) is 0 Å². The van der Waals surface area contributed by atoms with E-state index in [0.717, 1.165) is 0 Å². The molecule has 1 heterocycles. The molecule has 0 amide bonds. The molecular weight excluding hydrogens is 294 g/mol. The lowest BCUT2D eigenvalue weighted by atomic mass is 10.1. The van der Waals surface area contributed by atoms with Crippen LogP contribution in [0, 0.1) is 6.57 Å². The Labute approximate surface area is 130 Å². The molecule has 0 aliphatic carbocycles. The van der Waals surface area contributed by atoms with E-state index in [-0.39, 0.29) is 11.4 Å². The van der Waals surface area contributed by atoms with Crippen LogP contribution in [0.5, 0.6) is 11.5 Å². The number of nitrogens with one attached hydrogen (secondary N) is 2. The average Bonchev–Trinajstić information content (AvgIpc) is 2.56. The van der Waals surface area contributed by atoms with Crippen molar-refractivity contribution in [1.29, 1.82) is 0 Å². The first-order chi connectivity index (χ1) is 11.2. The molecule has 23 heavy (non-hydrogen) atoms. The third-order valence-electron chi connectivity index (χ3n) is 3.15. The lowest BCUT2D eigenvalue weighted by Crippen LogP contribution is -2.22. The maximum absolute atomic E-state index is 11.7. The van der Waals surface area contributed by atoms with E-state index in [1.165, 1.54) is 0 Å². The van der Waals surface area contributed by atoms with Gasteiger partial charge in [-0.3, -0.25) is 9.78 Å². The Hall–Kier alpha value is -3.59. The molecule has 0 spiro atoms. The second-order valence-electron chi connectivity index (χ2n) is 4.68. The normalized spacial score (nSPS) is 10.0. The van der Waals surface area contributed by atoms with Gasteiger partial charge in [0.15, 0.2) is 0 Å². The van der Waals surface area contributed by atoms with E-state index in [9.17, 15) is 9.59 Å². The highest BCUT2D eigenvalue weighted by Gasteiger charge is 2.11. The van der Waals surface area contributed by atoms with Gasteiger partial charge in [-0.25, -0.2) is 9.64 Å². The fourth-order valence-electron chi connectivity index (χ4n) is 2.11. The summed E-state index contributed by atoms with van der Waals surface area (Å²) in [7, 11) is 0. The molecule has 0 saturated carbocycles. The third kappa shape index (κ3) is 3.04. The van der Waals surface area contributed by atoms with Crippen molar-refractivity contribution in [3.05, 3.63) is 86.9 Å². The van der Waals surface area contributed by atoms with E-state index in [1.54, 1.807) is 24.3 Å². The molecule has 3 rings (SSSR count). The summed E-state index contributed by atoms with van der Waals surface area (Å²) in [5.41, 5.74) is -0.758. The zero-order chi connectivity index (χ0) is 16.2. The number of H-pyrrole nitrogens is 2. The van der Waals surface area contributed by atoms with Crippen molar-refractivity contribution in [3.8, 4) is 22.8 Å². The molecule has 112 valence electrons. The first-order valence-corrected chi connectivity index (χ1v) is 6.75. The largest absolute Gasteiger partial charge is 0.457 e. The summed E-state index contributed by atoms with van der Waals surface area (Å²) in [5, 5.41) is 0. The molecule has 6 heteroatoms. The lowest BCUT2D eigenvalue weighted by molar-refractivity contribution is 0.483. The van der Waals surface area contributed by atoms with Crippen molar-refractivity contribution in [1.82, 2.24) is 9.97 Å². The monoisotopic (exact) mass is 305 g/mol. The Bertz CT molecular complexity index is 981. The predicted octanol–water partition coefficient (Wildman–Crippen LogP) is 3.07. The van der Waals surface area contributed by atoms with Gasteiger partial charge in [-0.15, -0.1) is 0 Å². The molecule has 0 fully saturated rings. The van der Waals surface area contributed by atoms with E-state index < -0.39 is 11.2 Å². The summed E-state index contributed by atoms with van der Waals surface area (Å²) < 4.78 is 5.67. The Morgan fingerprint density at radius 1 is 0.870 bits per heavy atom. The van der Waals surface area contributed by atoms with Gasteiger partial charge < -0.3 is 9.72 Å². The van der Waals surface area contributed by atoms with Crippen LogP contribution < -0.4 is 16.0 Å². The molecule has 1 aromatic heterocycles. The van der Waals surface area contributed by atoms with Crippen molar-refractivity contribution in [2.24, 2.45) is 0 Å². The molecular formula is C17H11N3O3. The number of ether oxygens (including phenoxy) is 1. The van der Waals surface area contributed by atoms with Crippen molar-refractivity contribution < 1.29 is 4.74 Å². The molecule has 2 aromatic carbocycles. The van der Waals surface area contributed by atoms with Crippen LogP contribution in [0.25, 0.3) is 16.1 Å². The van der Waals surface area contributed by atoms with Gasteiger partial charge in [-0.1, -0.05) is 30.3 Å². The molecule has 0 bridgehead atoms. The topological polar surface area (TPSA) is 79.3 Å². The van der Waals surface area contributed by atoms with E-state index in [0.29, 0.717) is 17.1 Å². The number of aromatic amines is 2. The fraction of sp³-hybridized carbons (Fsp3) is 0. The molecule has 3 aromatic rings. The third-order valence-corrected chi connectivity index (χ3v) is 3.15. The maximum atomic E-state index is 11.7. The lowest BCUT2D eigenvalue weighted by Gasteiger charge is -2.07. The van der Waals surface area contributed by atoms with Gasteiger partial charge >= 0.3 is 5.69 Å². The van der Waals surface area contributed by atoms with Gasteiger partial charge in [0, 0.05) is 0 Å². The average molecular weight is 305 g/mol. The van der Waals surface area contributed by atoms with Gasteiger partial charge in [-0.2, -0.15) is 0 Å². The fourth-order valence-corrected chi connectivity index (χ4v) is 2.11. The van der Waals surface area contributed by atoms with Crippen molar-refractivity contribution in [2.45, 2.75) is 0 Å². The van der Waals surface area contributed by atoms with Crippen molar-refractivity contribution >= 4 is 5.69 Å². The Morgan fingerprint density at radius 2 is 1.52 bits per heavy atom. The van der Waals surface area contributed by atoms with Gasteiger partial charge in [0.1, 0.15) is 11.5 Å². The summed E-state index contributed by atoms with van der Waals surface area (Å²) in [4.78, 5) is 30.8. The minimum atomic E-state index is -0.705. The highest BCUT2D eigenvalue weighted by Crippen LogP contribution is 2.27. The molecule has 0 unspecified atom stereocenters. The summed E-state index contributed by atoms with van der Waals surface area (Å²) >= 11 is 0. The van der Waals surface area contributed by atoms with Crippen LogP contribution >= 0.6 is 0 Å². The van der Waals surface area contributed by atoms with Gasteiger partial charge in [0.25, 0.3) is 11.2 Å². The number of aromatic nitrogens is 2. The number of rotatable bonds is 3. The summed E-state index contributed by atoms with van der Waals surface area (Å²) in [5.74, 6) is 1.31. The number of para-hydroxylation sites is 1. The highest BCUT2D eigenvalue weighted by atomic mass is 16.5. The molecule has 0 saturated heterocycles. The maximum Gasteiger partial charge on any atom is 0.324 e. The first kappa shape index (κ1) is 14.4. The van der Waals surface area contributed by atoms with Crippen LogP contribution in [-0.2, 0) is 0 Å². The quantitative estimate of drug-likeness (QED) is 0.730. The zero-order valence-corrected chi connectivity index (χ0v) is 11.9. The first-order valence-electron chi connectivity index (χ1n) is 6.75. The van der Waals surface area contributed by atoms with Crippen molar-refractivity contribution in [3.63, 3.8) is 0 Å².